The Morgan fingerprint density at radius 2 is 2.11 bits per heavy atom. The van der Waals surface area contributed by atoms with Crippen molar-refractivity contribution in [3.8, 4) is 0 Å². The molecule has 1 fully saturated rings. The van der Waals surface area contributed by atoms with Crippen LogP contribution in [0, 0.1) is 6.92 Å². The van der Waals surface area contributed by atoms with Crippen LogP contribution in [0.25, 0.3) is 0 Å². The maximum absolute atomic E-state index is 4.22. The maximum Gasteiger partial charge on any atom is 0.0836 e. The smallest absolute Gasteiger partial charge is 0.0836 e. The van der Waals surface area contributed by atoms with E-state index in [-0.39, 0.29) is 5.41 Å². The van der Waals surface area contributed by atoms with Crippen molar-refractivity contribution in [3.05, 3.63) is 47.3 Å². The Hall–Kier alpha value is -1.68. The van der Waals surface area contributed by atoms with Crippen LogP contribution in [0.4, 0.5) is 0 Å². The van der Waals surface area contributed by atoms with E-state index in [1.54, 1.807) is 4.68 Å². The number of rotatable bonds is 3. The highest BCUT2D eigenvalue weighted by atomic mass is 15.4. The molecule has 0 unspecified atom stereocenters. The molecule has 0 saturated carbocycles. The van der Waals surface area contributed by atoms with Crippen molar-refractivity contribution >= 4 is 0 Å². The number of benzene rings is 1. The SMILES string of the molecule is Cc1ccccc1C1(Cc2cn(C)nn2)CNC1. The first-order valence-electron chi connectivity index (χ1n) is 6.32. The van der Waals surface area contributed by atoms with E-state index in [1.165, 1.54) is 11.1 Å². The topological polar surface area (TPSA) is 42.7 Å². The van der Waals surface area contributed by atoms with Gasteiger partial charge in [-0.15, -0.1) is 5.10 Å². The van der Waals surface area contributed by atoms with E-state index in [0.717, 1.165) is 25.2 Å². The van der Waals surface area contributed by atoms with Crippen molar-refractivity contribution in [2.24, 2.45) is 7.05 Å². The van der Waals surface area contributed by atoms with Crippen LogP contribution in [0.3, 0.4) is 0 Å². The van der Waals surface area contributed by atoms with E-state index in [4.69, 9.17) is 0 Å². The minimum atomic E-state index is 0.196. The predicted octanol–water partition coefficient (Wildman–Crippen LogP) is 1.21. The number of hydrogen-bond acceptors (Lipinski definition) is 3. The average molecular weight is 242 g/mol. The van der Waals surface area contributed by atoms with Crippen LogP contribution in [0.1, 0.15) is 16.8 Å². The predicted molar refractivity (Wildman–Crippen MR) is 70.4 cm³/mol. The van der Waals surface area contributed by atoms with Gasteiger partial charge in [0.05, 0.1) is 5.69 Å². The molecule has 1 aliphatic heterocycles. The van der Waals surface area contributed by atoms with E-state index < -0.39 is 0 Å². The third kappa shape index (κ3) is 1.82. The molecule has 94 valence electrons. The molecule has 1 saturated heterocycles. The Balaban J connectivity index is 1.93. The molecule has 4 heteroatoms. The number of aromatic nitrogens is 3. The van der Waals surface area contributed by atoms with Crippen LogP contribution in [-0.4, -0.2) is 28.1 Å². The van der Waals surface area contributed by atoms with E-state index in [9.17, 15) is 0 Å². The molecule has 0 spiro atoms. The Morgan fingerprint density at radius 3 is 2.67 bits per heavy atom. The van der Waals surface area contributed by atoms with Gasteiger partial charge in [-0.3, -0.25) is 4.68 Å². The summed E-state index contributed by atoms with van der Waals surface area (Å²) in [4.78, 5) is 0. The van der Waals surface area contributed by atoms with Crippen LogP contribution in [-0.2, 0) is 18.9 Å². The second kappa shape index (κ2) is 4.21. The van der Waals surface area contributed by atoms with E-state index in [0.29, 0.717) is 0 Å². The van der Waals surface area contributed by atoms with Crippen molar-refractivity contribution < 1.29 is 0 Å². The minimum absolute atomic E-state index is 0.196. The van der Waals surface area contributed by atoms with Crippen molar-refractivity contribution in [3.63, 3.8) is 0 Å². The van der Waals surface area contributed by atoms with Gasteiger partial charge in [0.1, 0.15) is 0 Å². The fraction of sp³-hybridized carbons (Fsp3) is 0.429. The Morgan fingerprint density at radius 1 is 1.33 bits per heavy atom. The molecule has 2 aromatic rings. The first-order valence-corrected chi connectivity index (χ1v) is 6.32. The van der Waals surface area contributed by atoms with Gasteiger partial charge >= 0.3 is 0 Å². The zero-order valence-electron chi connectivity index (χ0n) is 10.8. The lowest BCUT2D eigenvalue weighted by molar-refractivity contribution is 0.271. The summed E-state index contributed by atoms with van der Waals surface area (Å²) in [5, 5.41) is 11.6. The van der Waals surface area contributed by atoms with Gasteiger partial charge in [-0.25, -0.2) is 0 Å². The molecule has 4 nitrogen and oxygen atoms in total. The molecule has 2 heterocycles. The van der Waals surface area contributed by atoms with Crippen molar-refractivity contribution in [1.29, 1.82) is 0 Å². The second-order valence-corrected chi connectivity index (χ2v) is 5.26. The third-order valence-corrected chi connectivity index (χ3v) is 3.81. The molecule has 0 amide bonds. The fourth-order valence-corrected chi connectivity index (χ4v) is 2.83. The van der Waals surface area contributed by atoms with Crippen LogP contribution in [0.15, 0.2) is 30.5 Å². The number of nitrogens with one attached hydrogen (secondary N) is 1. The summed E-state index contributed by atoms with van der Waals surface area (Å²) in [6.45, 7) is 4.23. The molecular formula is C14H18N4. The molecule has 0 bridgehead atoms. The quantitative estimate of drug-likeness (QED) is 0.879. The summed E-state index contributed by atoms with van der Waals surface area (Å²) in [5.74, 6) is 0. The first kappa shape index (κ1) is 11.4. The second-order valence-electron chi connectivity index (χ2n) is 5.26. The Kier molecular flexibility index (Phi) is 2.67. The lowest BCUT2D eigenvalue weighted by Gasteiger charge is -2.43. The Labute approximate surface area is 107 Å². The zero-order chi connectivity index (χ0) is 12.6. The highest BCUT2D eigenvalue weighted by Crippen LogP contribution is 2.33. The van der Waals surface area contributed by atoms with E-state index in [1.807, 2.05) is 13.2 Å². The third-order valence-electron chi connectivity index (χ3n) is 3.81. The van der Waals surface area contributed by atoms with Crippen LogP contribution < -0.4 is 5.32 Å². The highest BCUT2D eigenvalue weighted by Gasteiger charge is 2.40. The maximum atomic E-state index is 4.22. The van der Waals surface area contributed by atoms with Crippen molar-refractivity contribution in [2.45, 2.75) is 18.8 Å². The lowest BCUT2D eigenvalue weighted by atomic mass is 9.70. The van der Waals surface area contributed by atoms with Gasteiger partial charge in [0.25, 0.3) is 0 Å². The van der Waals surface area contributed by atoms with E-state index >= 15 is 0 Å². The summed E-state index contributed by atoms with van der Waals surface area (Å²) in [5.41, 5.74) is 4.07. The summed E-state index contributed by atoms with van der Waals surface area (Å²) in [6, 6.07) is 8.65. The first-order chi connectivity index (χ1) is 8.70. The largest absolute Gasteiger partial charge is 0.315 e. The molecule has 18 heavy (non-hydrogen) atoms. The summed E-state index contributed by atoms with van der Waals surface area (Å²) < 4.78 is 1.77. The fourth-order valence-electron chi connectivity index (χ4n) is 2.83. The van der Waals surface area contributed by atoms with Gasteiger partial charge in [-0.1, -0.05) is 29.5 Å². The van der Waals surface area contributed by atoms with Crippen molar-refractivity contribution in [1.82, 2.24) is 20.3 Å². The molecule has 0 aliphatic carbocycles. The van der Waals surface area contributed by atoms with Gasteiger partial charge in [0.2, 0.25) is 0 Å². The standard InChI is InChI=1S/C14H18N4/c1-11-5-3-4-6-13(11)14(9-15-10-14)7-12-8-18(2)17-16-12/h3-6,8,15H,7,9-10H2,1-2H3. The molecule has 1 aromatic heterocycles. The number of hydrogen-bond donors (Lipinski definition) is 1. The van der Waals surface area contributed by atoms with Crippen molar-refractivity contribution in [2.75, 3.05) is 13.1 Å². The van der Waals surface area contributed by atoms with Crippen LogP contribution >= 0.6 is 0 Å². The molecular weight excluding hydrogens is 224 g/mol. The van der Waals surface area contributed by atoms with E-state index in [2.05, 4.69) is 46.8 Å². The van der Waals surface area contributed by atoms with Gasteiger partial charge in [-0.2, -0.15) is 0 Å². The minimum Gasteiger partial charge on any atom is -0.315 e. The van der Waals surface area contributed by atoms with Gasteiger partial charge in [0, 0.05) is 38.2 Å². The normalized spacial score (nSPS) is 17.4. The summed E-state index contributed by atoms with van der Waals surface area (Å²) >= 11 is 0. The zero-order valence-corrected chi connectivity index (χ0v) is 10.8. The monoisotopic (exact) mass is 242 g/mol. The lowest BCUT2D eigenvalue weighted by Crippen LogP contribution is -2.58. The van der Waals surface area contributed by atoms with Crippen LogP contribution in [0.2, 0.25) is 0 Å². The average Bonchev–Trinajstić information content (AvgIpc) is 2.71. The molecule has 1 aromatic carbocycles. The molecule has 1 aliphatic rings. The number of nitrogens with zero attached hydrogens (tertiary/aromatic N) is 3. The molecule has 0 radical (unpaired) electrons. The number of aryl methyl sites for hydroxylation is 2. The molecule has 3 rings (SSSR count). The molecule has 0 atom stereocenters. The van der Waals surface area contributed by atoms with Crippen LogP contribution in [0.5, 0.6) is 0 Å². The Bertz CT molecular complexity index is 554. The summed E-state index contributed by atoms with van der Waals surface area (Å²) in [7, 11) is 1.91. The van der Waals surface area contributed by atoms with Gasteiger partial charge in [-0.05, 0) is 18.1 Å². The molecule has 1 N–H and O–H groups in total. The summed E-state index contributed by atoms with van der Waals surface area (Å²) in [6.07, 6.45) is 2.97. The highest BCUT2D eigenvalue weighted by molar-refractivity contribution is 5.37. The van der Waals surface area contributed by atoms with Gasteiger partial charge < -0.3 is 5.32 Å². The van der Waals surface area contributed by atoms with Gasteiger partial charge in [0.15, 0.2) is 0 Å².